The summed E-state index contributed by atoms with van der Waals surface area (Å²) in [6.07, 6.45) is 4.43. The van der Waals surface area contributed by atoms with Crippen molar-refractivity contribution in [3.05, 3.63) is 23.0 Å². The number of aromatic nitrogens is 1. The molecule has 0 aliphatic carbocycles. The van der Waals surface area contributed by atoms with Crippen molar-refractivity contribution < 1.29 is 4.79 Å². The minimum absolute atomic E-state index is 0.145. The van der Waals surface area contributed by atoms with Crippen LogP contribution in [0.5, 0.6) is 0 Å². The third-order valence-electron chi connectivity index (χ3n) is 2.81. The van der Waals surface area contributed by atoms with E-state index >= 15 is 0 Å². The summed E-state index contributed by atoms with van der Waals surface area (Å²) in [5.41, 5.74) is 6.42. The number of hydrogen-bond acceptors (Lipinski definition) is 4. The normalized spacial score (nSPS) is 12.2. The zero-order valence-corrected chi connectivity index (χ0v) is 12.4. The number of anilines is 1. The molecule has 4 nitrogen and oxygen atoms in total. The van der Waals surface area contributed by atoms with Crippen molar-refractivity contribution in [2.75, 3.05) is 24.8 Å². The highest BCUT2D eigenvalue weighted by atomic mass is 35.5. The second kappa shape index (κ2) is 6.85. The largest absolute Gasteiger partial charge is 0.397 e. The molecule has 1 aromatic rings. The summed E-state index contributed by atoms with van der Waals surface area (Å²) in [7, 11) is 1.77. The van der Waals surface area contributed by atoms with Gasteiger partial charge in [0, 0.05) is 13.1 Å². The third-order valence-corrected chi connectivity index (χ3v) is 3.76. The molecule has 18 heavy (non-hydrogen) atoms. The lowest BCUT2D eigenvalue weighted by Crippen LogP contribution is -2.35. The van der Waals surface area contributed by atoms with Crippen molar-refractivity contribution >= 4 is 35.0 Å². The summed E-state index contributed by atoms with van der Waals surface area (Å²) in [5.74, 6) is 0.871. The van der Waals surface area contributed by atoms with E-state index in [0.717, 1.165) is 12.2 Å². The highest BCUT2D eigenvalue weighted by molar-refractivity contribution is 7.98. The number of carbonyl (C=O) groups is 1. The zero-order valence-electron chi connectivity index (χ0n) is 10.8. The molecule has 1 rings (SSSR count). The van der Waals surface area contributed by atoms with Gasteiger partial charge in [-0.15, -0.1) is 0 Å². The molecule has 1 unspecified atom stereocenters. The molecule has 0 bridgehead atoms. The molecule has 0 aliphatic heterocycles. The van der Waals surface area contributed by atoms with Crippen LogP contribution in [0.2, 0.25) is 5.15 Å². The van der Waals surface area contributed by atoms with Gasteiger partial charge in [-0.1, -0.05) is 11.6 Å². The van der Waals surface area contributed by atoms with Gasteiger partial charge in [-0.3, -0.25) is 4.79 Å². The number of halogens is 1. The van der Waals surface area contributed by atoms with E-state index in [4.69, 9.17) is 17.3 Å². The Kier molecular flexibility index (Phi) is 5.75. The molecule has 0 saturated heterocycles. The Morgan fingerprint density at radius 2 is 2.33 bits per heavy atom. The number of nitrogens with zero attached hydrogens (tertiary/aromatic N) is 2. The number of hydrogen-bond donors (Lipinski definition) is 1. The standard InChI is InChI=1S/C12H18ClN3OS/c1-8(4-5-18-3)16(2)12(17)10-6-9(14)7-15-11(10)13/h6-8H,4-5,14H2,1-3H3. The van der Waals surface area contributed by atoms with Gasteiger partial charge in [-0.2, -0.15) is 11.8 Å². The Hall–Kier alpha value is -0.940. The average molecular weight is 288 g/mol. The van der Waals surface area contributed by atoms with Crippen LogP contribution in [0.4, 0.5) is 5.69 Å². The molecule has 2 N–H and O–H groups in total. The van der Waals surface area contributed by atoms with Crippen LogP contribution >= 0.6 is 23.4 Å². The van der Waals surface area contributed by atoms with Gasteiger partial charge >= 0.3 is 0 Å². The van der Waals surface area contributed by atoms with Crippen LogP contribution in [0.3, 0.4) is 0 Å². The Bertz CT molecular complexity index is 428. The lowest BCUT2D eigenvalue weighted by atomic mass is 10.2. The molecule has 0 aromatic carbocycles. The van der Waals surface area contributed by atoms with Crippen LogP contribution in [-0.2, 0) is 0 Å². The van der Waals surface area contributed by atoms with E-state index in [1.54, 1.807) is 29.8 Å². The van der Waals surface area contributed by atoms with E-state index < -0.39 is 0 Å². The van der Waals surface area contributed by atoms with Gasteiger partial charge in [-0.05, 0) is 31.4 Å². The lowest BCUT2D eigenvalue weighted by molar-refractivity contribution is 0.0741. The molecular weight excluding hydrogens is 270 g/mol. The quantitative estimate of drug-likeness (QED) is 0.846. The minimum Gasteiger partial charge on any atom is -0.397 e. The first-order chi connectivity index (χ1) is 8.47. The van der Waals surface area contributed by atoms with Gasteiger partial charge in [0.2, 0.25) is 0 Å². The maximum absolute atomic E-state index is 12.3. The molecule has 1 aromatic heterocycles. The smallest absolute Gasteiger partial charge is 0.257 e. The Balaban J connectivity index is 2.82. The predicted molar refractivity (Wildman–Crippen MR) is 78.2 cm³/mol. The summed E-state index contributed by atoms with van der Waals surface area (Å²) in [6.45, 7) is 2.02. The number of thioether (sulfide) groups is 1. The van der Waals surface area contributed by atoms with Gasteiger partial charge < -0.3 is 10.6 Å². The zero-order chi connectivity index (χ0) is 13.7. The fourth-order valence-corrected chi connectivity index (χ4v) is 2.25. The first-order valence-electron chi connectivity index (χ1n) is 5.64. The molecule has 0 fully saturated rings. The maximum Gasteiger partial charge on any atom is 0.257 e. The molecule has 100 valence electrons. The maximum atomic E-state index is 12.3. The van der Waals surface area contributed by atoms with E-state index in [9.17, 15) is 4.79 Å². The molecule has 1 heterocycles. The van der Waals surface area contributed by atoms with E-state index in [1.165, 1.54) is 6.20 Å². The summed E-state index contributed by atoms with van der Waals surface area (Å²) in [6, 6.07) is 1.72. The van der Waals surface area contributed by atoms with E-state index in [2.05, 4.69) is 4.98 Å². The van der Waals surface area contributed by atoms with Gasteiger partial charge in [0.25, 0.3) is 5.91 Å². The minimum atomic E-state index is -0.145. The van der Waals surface area contributed by atoms with Gasteiger partial charge in [-0.25, -0.2) is 4.98 Å². The van der Waals surface area contributed by atoms with Crippen LogP contribution in [0.1, 0.15) is 23.7 Å². The van der Waals surface area contributed by atoms with Gasteiger partial charge in [0.1, 0.15) is 5.15 Å². The fourth-order valence-electron chi connectivity index (χ4n) is 1.49. The summed E-state index contributed by atoms with van der Waals surface area (Å²) < 4.78 is 0. The number of amides is 1. The van der Waals surface area contributed by atoms with Crippen LogP contribution < -0.4 is 5.73 Å². The van der Waals surface area contributed by atoms with E-state index in [-0.39, 0.29) is 17.1 Å². The highest BCUT2D eigenvalue weighted by Gasteiger charge is 2.20. The van der Waals surface area contributed by atoms with Crippen molar-refractivity contribution in [3.8, 4) is 0 Å². The van der Waals surface area contributed by atoms with Crippen molar-refractivity contribution in [3.63, 3.8) is 0 Å². The molecule has 0 spiro atoms. The monoisotopic (exact) mass is 287 g/mol. The third kappa shape index (κ3) is 3.78. The topological polar surface area (TPSA) is 59.2 Å². The fraction of sp³-hybridized carbons (Fsp3) is 0.500. The molecule has 1 atom stereocenters. The van der Waals surface area contributed by atoms with Crippen molar-refractivity contribution in [1.29, 1.82) is 0 Å². The summed E-state index contributed by atoms with van der Waals surface area (Å²) in [4.78, 5) is 17.8. The number of pyridine rings is 1. The first-order valence-corrected chi connectivity index (χ1v) is 7.41. The van der Waals surface area contributed by atoms with Crippen LogP contribution in [0.15, 0.2) is 12.3 Å². The number of rotatable bonds is 5. The number of nitrogens with two attached hydrogens (primary N) is 1. The second-order valence-electron chi connectivity index (χ2n) is 4.15. The summed E-state index contributed by atoms with van der Waals surface area (Å²) >= 11 is 7.69. The molecule has 0 saturated carbocycles. The van der Waals surface area contributed by atoms with Crippen LogP contribution in [0.25, 0.3) is 0 Å². The van der Waals surface area contributed by atoms with E-state index in [0.29, 0.717) is 11.3 Å². The van der Waals surface area contributed by atoms with Crippen molar-refractivity contribution in [2.24, 2.45) is 0 Å². The molecule has 6 heteroatoms. The SMILES string of the molecule is CSCCC(C)N(C)C(=O)c1cc(N)cnc1Cl. The lowest BCUT2D eigenvalue weighted by Gasteiger charge is -2.25. The Labute approximate surface area is 117 Å². The second-order valence-corrected chi connectivity index (χ2v) is 5.50. The Morgan fingerprint density at radius 1 is 1.67 bits per heavy atom. The number of nitrogen functional groups attached to an aromatic ring is 1. The van der Waals surface area contributed by atoms with Gasteiger partial charge in [0.05, 0.1) is 17.4 Å². The molecular formula is C12H18ClN3OS. The van der Waals surface area contributed by atoms with Crippen molar-refractivity contribution in [2.45, 2.75) is 19.4 Å². The van der Waals surface area contributed by atoms with Crippen LogP contribution in [0, 0.1) is 0 Å². The molecule has 1 amide bonds. The van der Waals surface area contributed by atoms with E-state index in [1.807, 2.05) is 13.2 Å². The molecule has 0 aliphatic rings. The number of carbonyl (C=O) groups excluding carboxylic acids is 1. The van der Waals surface area contributed by atoms with Crippen molar-refractivity contribution in [1.82, 2.24) is 9.88 Å². The summed E-state index contributed by atoms with van der Waals surface area (Å²) in [5, 5.41) is 0.193. The highest BCUT2D eigenvalue weighted by Crippen LogP contribution is 2.19. The average Bonchev–Trinajstić information content (AvgIpc) is 2.37. The van der Waals surface area contributed by atoms with Gasteiger partial charge in [0.15, 0.2) is 0 Å². The molecule has 0 radical (unpaired) electrons. The predicted octanol–water partition coefficient (Wildman–Crippen LogP) is 2.53. The Morgan fingerprint density at radius 3 is 2.94 bits per heavy atom. The van der Waals surface area contributed by atoms with Crippen LogP contribution in [-0.4, -0.2) is 40.9 Å². The first kappa shape index (κ1) is 15.1.